The molecule has 1 aliphatic heterocycles. The molecule has 134 valence electrons. The monoisotopic (exact) mass is 413 g/mol. The van der Waals surface area contributed by atoms with Gasteiger partial charge < -0.3 is 15.2 Å². The van der Waals surface area contributed by atoms with Gasteiger partial charge in [-0.3, -0.25) is 4.79 Å². The number of hydrogen-bond acceptors (Lipinski definition) is 4. The molecule has 0 aromatic carbocycles. The van der Waals surface area contributed by atoms with Crippen LogP contribution in [0.1, 0.15) is 25.6 Å². The highest BCUT2D eigenvalue weighted by Crippen LogP contribution is 2.51. The van der Waals surface area contributed by atoms with Gasteiger partial charge in [-0.25, -0.2) is 9.97 Å². The average Bonchev–Trinajstić information content (AvgIpc) is 2.94. The molecule has 0 spiro atoms. The number of carbonyl (C=O) groups excluding carboxylic acids is 1. The van der Waals surface area contributed by atoms with E-state index >= 15 is 0 Å². The number of rotatable bonds is 2. The zero-order valence-corrected chi connectivity index (χ0v) is 16.3. The first-order chi connectivity index (χ1) is 12.4. The van der Waals surface area contributed by atoms with Crippen molar-refractivity contribution in [2.75, 3.05) is 18.8 Å². The Balaban J connectivity index is 1.65. The Morgan fingerprint density at radius 1 is 1.42 bits per heavy atom. The summed E-state index contributed by atoms with van der Waals surface area (Å²) in [5.74, 6) is 8.53. The van der Waals surface area contributed by atoms with E-state index in [0.29, 0.717) is 23.6 Å². The summed E-state index contributed by atoms with van der Waals surface area (Å²) in [5, 5.41) is 0.809. The number of nitrogen functional groups attached to an aromatic ring is 1. The maximum Gasteiger partial charge on any atom is 0.245 e. The summed E-state index contributed by atoms with van der Waals surface area (Å²) < 4.78 is 2.94. The number of piperidine rings is 1. The van der Waals surface area contributed by atoms with Crippen molar-refractivity contribution in [1.29, 1.82) is 0 Å². The van der Waals surface area contributed by atoms with Gasteiger partial charge in [-0.2, -0.15) is 0 Å². The summed E-state index contributed by atoms with van der Waals surface area (Å²) in [6.45, 7) is 9.31. The molecule has 2 aromatic heterocycles. The molecule has 1 saturated carbocycles. The lowest BCUT2D eigenvalue weighted by molar-refractivity contribution is -0.125. The van der Waals surface area contributed by atoms with Crippen LogP contribution in [0.2, 0.25) is 0 Å². The first kappa shape index (κ1) is 17.1. The fourth-order valence-corrected chi connectivity index (χ4v) is 4.60. The highest BCUT2D eigenvalue weighted by Gasteiger charge is 2.55. The molecule has 2 N–H and O–H groups in total. The second-order valence-electron chi connectivity index (χ2n) is 7.15. The Hall–Kier alpha value is -2.33. The van der Waals surface area contributed by atoms with Crippen LogP contribution in [0.4, 0.5) is 5.82 Å². The van der Waals surface area contributed by atoms with Crippen molar-refractivity contribution in [3.05, 3.63) is 29.1 Å². The van der Waals surface area contributed by atoms with Crippen LogP contribution < -0.4 is 5.73 Å². The van der Waals surface area contributed by atoms with E-state index in [1.807, 2.05) is 4.90 Å². The van der Waals surface area contributed by atoms with Gasteiger partial charge >= 0.3 is 0 Å². The summed E-state index contributed by atoms with van der Waals surface area (Å²) in [6, 6.07) is 0.196. The number of aromatic nitrogens is 3. The third kappa shape index (κ3) is 2.52. The summed E-state index contributed by atoms with van der Waals surface area (Å²) in [4.78, 5) is 22.1. The fraction of sp³-hybridized carbons (Fsp3) is 0.421. The van der Waals surface area contributed by atoms with Crippen molar-refractivity contribution in [3.63, 3.8) is 0 Å². The molecule has 1 saturated heterocycles. The van der Waals surface area contributed by atoms with Crippen LogP contribution in [0, 0.1) is 29.6 Å². The van der Waals surface area contributed by atoms with Crippen molar-refractivity contribution >= 4 is 38.7 Å². The zero-order chi connectivity index (χ0) is 18.6. The number of nitrogens with two attached hydrogens (primary N) is 1. The Morgan fingerprint density at radius 2 is 2.12 bits per heavy atom. The van der Waals surface area contributed by atoms with E-state index in [1.54, 1.807) is 0 Å². The average molecular weight is 414 g/mol. The van der Waals surface area contributed by atoms with E-state index in [1.165, 1.54) is 12.4 Å². The Labute approximate surface area is 160 Å². The van der Waals surface area contributed by atoms with Gasteiger partial charge in [0.2, 0.25) is 5.91 Å². The van der Waals surface area contributed by atoms with Gasteiger partial charge in [0.25, 0.3) is 0 Å². The molecular weight excluding hydrogens is 394 g/mol. The van der Waals surface area contributed by atoms with E-state index in [-0.39, 0.29) is 11.9 Å². The molecule has 7 heteroatoms. The van der Waals surface area contributed by atoms with Gasteiger partial charge in [0.15, 0.2) is 0 Å². The second kappa shape index (κ2) is 6.13. The Morgan fingerprint density at radius 3 is 2.73 bits per heavy atom. The van der Waals surface area contributed by atoms with E-state index in [4.69, 9.17) is 5.73 Å². The number of fused-ring (bicyclic) bond motifs is 2. The number of likely N-dealkylation sites (tertiary alicyclic amines) is 1. The van der Waals surface area contributed by atoms with E-state index in [0.717, 1.165) is 34.3 Å². The van der Waals surface area contributed by atoms with Crippen LogP contribution in [0.15, 0.2) is 23.5 Å². The number of nitrogens with zero attached hydrogens (tertiary/aromatic N) is 4. The van der Waals surface area contributed by atoms with Crippen LogP contribution in [-0.2, 0) is 4.79 Å². The lowest BCUT2D eigenvalue weighted by Gasteiger charge is -2.16. The van der Waals surface area contributed by atoms with Crippen molar-refractivity contribution in [2.24, 2.45) is 17.8 Å². The summed E-state index contributed by atoms with van der Waals surface area (Å²) in [7, 11) is 0. The van der Waals surface area contributed by atoms with Crippen molar-refractivity contribution < 1.29 is 4.79 Å². The van der Waals surface area contributed by atoms with Gasteiger partial charge in [0.1, 0.15) is 23.5 Å². The lowest BCUT2D eigenvalue weighted by Crippen LogP contribution is -2.29. The molecule has 2 fully saturated rings. The van der Waals surface area contributed by atoms with Gasteiger partial charge in [0.05, 0.1) is 9.86 Å². The van der Waals surface area contributed by atoms with Gasteiger partial charge in [-0.05, 0) is 53.6 Å². The number of hydrogen-bond donors (Lipinski definition) is 1. The van der Waals surface area contributed by atoms with Crippen molar-refractivity contribution in [2.45, 2.75) is 19.9 Å². The normalized spacial score (nSPS) is 23.7. The molecule has 0 bridgehead atoms. The van der Waals surface area contributed by atoms with Gasteiger partial charge in [-0.1, -0.05) is 12.5 Å². The lowest BCUT2D eigenvalue weighted by atomic mass is 10.2. The fourth-order valence-electron chi connectivity index (χ4n) is 3.93. The molecule has 1 amide bonds. The standard InChI is InChI=1S/C19H20BrN5O/c1-4-15(26)24-7-12-11(13(12)8-24)5-6-14-17(20)16-18(21)22-9-23-19(16)25(14)10(2)3/h4,9-13H,1,7-8H2,2-3H3,(H2,21,22,23)/t11?,12-,13+. The zero-order valence-electron chi connectivity index (χ0n) is 14.7. The minimum atomic E-state index is 0.0145. The van der Waals surface area contributed by atoms with Gasteiger partial charge in [0, 0.05) is 25.0 Å². The van der Waals surface area contributed by atoms with E-state index in [2.05, 4.69) is 62.7 Å². The van der Waals surface area contributed by atoms with Crippen LogP contribution in [0.25, 0.3) is 11.0 Å². The predicted octanol–water partition coefficient (Wildman–Crippen LogP) is 2.60. The highest BCUT2D eigenvalue weighted by molar-refractivity contribution is 9.10. The van der Waals surface area contributed by atoms with Crippen molar-refractivity contribution in [3.8, 4) is 11.8 Å². The molecule has 2 aliphatic rings. The van der Waals surface area contributed by atoms with Crippen LogP contribution >= 0.6 is 15.9 Å². The third-order valence-corrected chi connectivity index (χ3v) is 6.08. The van der Waals surface area contributed by atoms with Crippen LogP contribution in [-0.4, -0.2) is 38.4 Å². The van der Waals surface area contributed by atoms with Crippen LogP contribution in [0.3, 0.4) is 0 Å². The molecular formula is C19H20BrN5O. The molecule has 6 nitrogen and oxygen atoms in total. The minimum Gasteiger partial charge on any atom is -0.383 e. The SMILES string of the molecule is C=CC(=O)N1C[C@@H]2C(C#Cc3c(Br)c4c(N)ncnc4n3C(C)C)[C@@H]2C1. The topological polar surface area (TPSA) is 77.0 Å². The number of carbonyl (C=O) groups is 1. The molecule has 1 aliphatic carbocycles. The molecule has 4 rings (SSSR count). The molecule has 3 heterocycles. The van der Waals surface area contributed by atoms with E-state index in [9.17, 15) is 4.79 Å². The molecule has 26 heavy (non-hydrogen) atoms. The molecule has 2 aromatic rings. The van der Waals surface area contributed by atoms with Crippen LogP contribution in [0.5, 0.6) is 0 Å². The Bertz CT molecular complexity index is 971. The maximum atomic E-state index is 11.7. The summed E-state index contributed by atoms with van der Waals surface area (Å²) in [5.41, 5.74) is 7.73. The first-order valence-electron chi connectivity index (χ1n) is 8.66. The Kier molecular flexibility index (Phi) is 4.03. The number of amides is 1. The smallest absolute Gasteiger partial charge is 0.245 e. The molecule has 3 atom stereocenters. The number of anilines is 1. The van der Waals surface area contributed by atoms with Crippen molar-refractivity contribution in [1.82, 2.24) is 19.4 Å². The maximum absolute atomic E-state index is 11.7. The quantitative estimate of drug-likeness (QED) is 0.606. The minimum absolute atomic E-state index is 0.0145. The molecule has 1 unspecified atom stereocenters. The second-order valence-corrected chi connectivity index (χ2v) is 7.95. The molecule has 0 radical (unpaired) electrons. The largest absolute Gasteiger partial charge is 0.383 e. The number of halogens is 1. The summed E-state index contributed by atoms with van der Waals surface area (Å²) >= 11 is 3.64. The third-order valence-electron chi connectivity index (χ3n) is 5.31. The predicted molar refractivity (Wildman–Crippen MR) is 104 cm³/mol. The van der Waals surface area contributed by atoms with E-state index < -0.39 is 0 Å². The summed E-state index contributed by atoms with van der Waals surface area (Å²) in [6.07, 6.45) is 2.87. The highest BCUT2D eigenvalue weighted by atomic mass is 79.9. The van der Waals surface area contributed by atoms with Gasteiger partial charge in [-0.15, -0.1) is 0 Å². The first-order valence-corrected chi connectivity index (χ1v) is 9.46.